The number of likely N-dealkylation sites (tertiary alicyclic amines) is 1. The van der Waals surface area contributed by atoms with Crippen LogP contribution in [0.2, 0.25) is 0 Å². The lowest BCUT2D eigenvalue weighted by atomic mass is 10.1. The first kappa shape index (κ1) is 13.7. The summed E-state index contributed by atoms with van der Waals surface area (Å²) in [7, 11) is 0. The van der Waals surface area contributed by atoms with E-state index in [1.165, 1.54) is 12.6 Å². The Bertz CT molecular complexity index is 464. The van der Waals surface area contributed by atoms with Gasteiger partial charge >= 0.3 is 0 Å². The van der Waals surface area contributed by atoms with Crippen LogP contribution in [0.4, 0.5) is 11.5 Å². The van der Waals surface area contributed by atoms with E-state index in [0.29, 0.717) is 6.04 Å². The summed E-state index contributed by atoms with van der Waals surface area (Å²) < 4.78 is 0. The molecular formula is C13H20N4O2. The molecule has 1 fully saturated rings. The van der Waals surface area contributed by atoms with Crippen molar-refractivity contribution < 1.29 is 4.92 Å². The van der Waals surface area contributed by atoms with Crippen molar-refractivity contribution in [1.29, 1.82) is 0 Å². The molecule has 2 heterocycles. The van der Waals surface area contributed by atoms with Crippen molar-refractivity contribution in [3.8, 4) is 0 Å². The predicted molar refractivity (Wildman–Crippen MR) is 74.4 cm³/mol. The Morgan fingerprint density at radius 3 is 3.05 bits per heavy atom. The van der Waals surface area contributed by atoms with E-state index >= 15 is 0 Å². The van der Waals surface area contributed by atoms with Gasteiger partial charge in [-0.25, -0.2) is 4.98 Å². The standard InChI is InChI=1S/C13H20N4O2/c1-3-16-6-4-5-11(9-16)15-13-10(2)7-12(8-14-13)17(18)19/h7-8,11H,3-6,9H2,1-2H3,(H,14,15). The number of hydrogen-bond acceptors (Lipinski definition) is 5. The van der Waals surface area contributed by atoms with Crippen LogP contribution >= 0.6 is 0 Å². The van der Waals surface area contributed by atoms with Crippen LogP contribution in [0.25, 0.3) is 0 Å². The zero-order valence-corrected chi connectivity index (χ0v) is 11.4. The summed E-state index contributed by atoms with van der Waals surface area (Å²) in [6.45, 7) is 7.24. The summed E-state index contributed by atoms with van der Waals surface area (Å²) in [5.41, 5.74) is 0.865. The number of nitrogens with one attached hydrogen (secondary N) is 1. The second kappa shape index (κ2) is 5.97. The van der Waals surface area contributed by atoms with Gasteiger partial charge in [-0.2, -0.15) is 0 Å². The van der Waals surface area contributed by atoms with Gasteiger partial charge in [0.05, 0.1) is 4.92 Å². The molecule has 0 amide bonds. The number of rotatable bonds is 4. The minimum atomic E-state index is -0.413. The smallest absolute Gasteiger partial charge is 0.287 e. The highest BCUT2D eigenvalue weighted by Crippen LogP contribution is 2.20. The first-order valence-corrected chi connectivity index (χ1v) is 6.70. The highest BCUT2D eigenvalue weighted by Gasteiger charge is 2.20. The number of aryl methyl sites for hydroxylation is 1. The fourth-order valence-corrected chi connectivity index (χ4v) is 2.46. The van der Waals surface area contributed by atoms with Gasteiger partial charge in [-0.3, -0.25) is 10.1 Å². The molecule has 0 aromatic carbocycles. The summed E-state index contributed by atoms with van der Waals surface area (Å²) in [6.07, 6.45) is 3.61. The first-order valence-electron chi connectivity index (χ1n) is 6.70. The van der Waals surface area contributed by atoms with E-state index in [9.17, 15) is 10.1 Å². The van der Waals surface area contributed by atoms with Crippen LogP contribution in [-0.4, -0.2) is 40.5 Å². The van der Waals surface area contributed by atoms with E-state index in [2.05, 4.69) is 22.1 Å². The molecule has 0 spiro atoms. The van der Waals surface area contributed by atoms with Gasteiger partial charge in [-0.05, 0) is 38.4 Å². The van der Waals surface area contributed by atoms with Gasteiger partial charge in [-0.1, -0.05) is 6.92 Å². The number of anilines is 1. The van der Waals surface area contributed by atoms with Crippen LogP contribution in [0.3, 0.4) is 0 Å². The largest absolute Gasteiger partial charge is 0.366 e. The third kappa shape index (κ3) is 3.41. The summed E-state index contributed by atoms with van der Waals surface area (Å²) in [4.78, 5) is 16.8. The maximum Gasteiger partial charge on any atom is 0.287 e. The number of nitrogens with zero attached hydrogens (tertiary/aromatic N) is 3. The summed E-state index contributed by atoms with van der Waals surface area (Å²) in [6, 6.07) is 1.94. The lowest BCUT2D eigenvalue weighted by Crippen LogP contribution is -2.42. The Morgan fingerprint density at radius 2 is 2.42 bits per heavy atom. The van der Waals surface area contributed by atoms with Gasteiger partial charge in [0.25, 0.3) is 5.69 Å². The highest BCUT2D eigenvalue weighted by atomic mass is 16.6. The van der Waals surface area contributed by atoms with Crippen molar-refractivity contribution in [2.24, 2.45) is 0 Å². The van der Waals surface area contributed by atoms with Gasteiger partial charge < -0.3 is 10.2 Å². The lowest BCUT2D eigenvalue weighted by Gasteiger charge is -2.32. The quantitative estimate of drug-likeness (QED) is 0.666. The average molecular weight is 264 g/mol. The Kier molecular flexibility index (Phi) is 4.31. The Hall–Kier alpha value is -1.69. The van der Waals surface area contributed by atoms with Gasteiger partial charge in [0, 0.05) is 18.7 Å². The molecule has 0 bridgehead atoms. The molecule has 6 nitrogen and oxygen atoms in total. The molecule has 1 saturated heterocycles. The minimum absolute atomic E-state index is 0.0434. The van der Waals surface area contributed by atoms with E-state index in [1.54, 1.807) is 6.07 Å². The SMILES string of the molecule is CCN1CCCC(Nc2ncc([N+](=O)[O-])cc2C)C1. The molecule has 6 heteroatoms. The maximum atomic E-state index is 10.7. The monoisotopic (exact) mass is 264 g/mol. The van der Waals surface area contributed by atoms with Crippen molar-refractivity contribution >= 4 is 11.5 Å². The topological polar surface area (TPSA) is 71.3 Å². The number of nitro groups is 1. The number of hydrogen-bond donors (Lipinski definition) is 1. The molecule has 0 aliphatic carbocycles. The number of likely N-dealkylation sites (N-methyl/N-ethyl adjacent to an activating group) is 1. The molecule has 1 atom stereocenters. The number of pyridine rings is 1. The Labute approximate surface area is 113 Å². The van der Waals surface area contributed by atoms with Gasteiger partial charge in [0.2, 0.25) is 0 Å². The molecule has 1 N–H and O–H groups in total. The normalized spacial score (nSPS) is 20.2. The van der Waals surface area contributed by atoms with Crippen LogP contribution < -0.4 is 5.32 Å². The van der Waals surface area contributed by atoms with Crippen molar-refractivity contribution in [2.45, 2.75) is 32.7 Å². The second-order valence-corrected chi connectivity index (χ2v) is 4.99. The van der Waals surface area contributed by atoms with Crippen LogP contribution in [0.1, 0.15) is 25.3 Å². The van der Waals surface area contributed by atoms with Crippen molar-refractivity contribution in [1.82, 2.24) is 9.88 Å². The lowest BCUT2D eigenvalue weighted by molar-refractivity contribution is -0.385. The molecule has 19 heavy (non-hydrogen) atoms. The molecule has 1 aliphatic heterocycles. The van der Waals surface area contributed by atoms with E-state index in [4.69, 9.17) is 0 Å². The third-order valence-corrected chi connectivity index (χ3v) is 3.57. The highest BCUT2D eigenvalue weighted by molar-refractivity contribution is 5.48. The van der Waals surface area contributed by atoms with Crippen LogP contribution in [0.15, 0.2) is 12.3 Å². The molecule has 0 radical (unpaired) electrons. The molecule has 2 rings (SSSR count). The van der Waals surface area contributed by atoms with E-state index < -0.39 is 4.92 Å². The minimum Gasteiger partial charge on any atom is -0.366 e. The van der Waals surface area contributed by atoms with E-state index in [-0.39, 0.29) is 5.69 Å². The summed E-state index contributed by atoms with van der Waals surface area (Å²) >= 11 is 0. The Morgan fingerprint density at radius 1 is 1.63 bits per heavy atom. The fourth-order valence-electron chi connectivity index (χ4n) is 2.46. The van der Waals surface area contributed by atoms with E-state index in [0.717, 1.165) is 37.4 Å². The van der Waals surface area contributed by atoms with Crippen LogP contribution in [0, 0.1) is 17.0 Å². The summed E-state index contributed by atoms with van der Waals surface area (Å²) in [5.74, 6) is 0.758. The maximum absolute atomic E-state index is 10.7. The fraction of sp³-hybridized carbons (Fsp3) is 0.615. The molecule has 1 aliphatic rings. The third-order valence-electron chi connectivity index (χ3n) is 3.57. The molecule has 1 unspecified atom stereocenters. The molecule has 0 saturated carbocycles. The number of piperidine rings is 1. The van der Waals surface area contributed by atoms with Gasteiger partial charge in [0.1, 0.15) is 12.0 Å². The predicted octanol–water partition coefficient (Wildman–Crippen LogP) is 2.19. The van der Waals surface area contributed by atoms with Crippen molar-refractivity contribution in [2.75, 3.05) is 25.0 Å². The first-order chi connectivity index (χ1) is 9.10. The van der Waals surface area contributed by atoms with Crippen LogP contribution in [-0.2, 0) is 0 Å². The summed E-state index contributed by atoms with van der Waals surface area (Å²) in [5, 5.41) is 14.1. The van der Waals surface area contributed by atoms with Crippen molar-refractivity contribution in [3.05, 3.63) is 27.9 Å². The van der Waals surface area contributed by atoms with Crippen LogP contribution in [0.5, 0.6) is 0 Å². The molecular weight excluding hydrogens is 244 g/mol. The average Bonchev–Trinajstić information content (AvgIpc) is 2.41. The number of aromatic nitrogens is 1. The van der Waals surface area contributed by atoms with Crippen molar-refractivity contribution in [3.63, 3.8) is 0 Å². The van der Waals surface area contributed by atoms with Gasteiger partial charge in [0.15, 0.2) is 0 Å². The zero-order chi connectivity index (χ0) is 13.8. The molecule has 1 aromatic rings. The van der Waals surface area contributed by atoms with Gasteiger partial charge in [-0.15, -0.1) is 0 Å². The molecule has 1 aromatic heterocycles. The van der Waals surface area contributed by atoms with E-state index in [1.807, 2.05) is 6.92 Å². The molecule has 104 valence electrons. The Balaban J connectivity index is 2.04. The second-order valence-electron chi connectivity index (χ2n) is 4.99. The zero-order valence-electron chi connectivity index (χ0n) is 11.4.